The van der Waals surface area contributed by atoms with Crippen LogP contribution in [0.15, 0.2) is 0 Å². The zero-order chi connectivity index (χ0) is 19.5. The van der Waals surface area contributed by atoms with E-state index >= 15 is 0 Å². The topological polar surface area (TPSA) is 205 Å². The van der Waals surface area contributed by atoms with Gasteiger partial charge in [0.25, 0.3) is 0 Å². The summed E-state index contributed by atoms with van der Waals surface area (Å²) in [5.41, 5.74) is 0. The van der Waals surface area contributed by atoms with Gasteiger partial charge in [0.15, 0.2) is 0 Å². The lowest BCUT2D eigenvalue weighted by Crippen LogP contribution is -2.22. The zero-order valence-electron chi connectivity index (χ0n) is 12.8. The standard InChI is InChI=1S/C7H12O6.C4H4O5.CH4O/c8-3-5(9)4-13-7(12)2-1-6(10)11;5-2-9-4(8)1-3(6)7;1-2/h5,8-9H,1-4H2,(H,10,11);2H,1H2,(H,6,7);2H,1H3. The lowest BCUT2D eigenvalue weighted by molar-refractivity contribution is -0.155. The highest BCUT2D eigenvalue weighted by Gasteiger charge is 2.09. The van der Waals surface area contributed by atoms with E-state index in [4.69, 9.17) is 25.5 Å². The van der Waals surface area contributed by atoms with Crippen LogP contribution in [0.1, 0.15) is 19.3 Å². The Labute approximate surface area is 136 Å². The number of hydrogen-bond donors (Lipinski definition) is 5. The molecule has 1 atom stereocenters. The van der Waals surface area contributed by atoms with Gasteiger partial charge < -0.3 is 35.0 Å². The summed E-state index contributed by atoms with van der Waals surface area (Å²) in [7, 11) is 1.00. The maximum absolute atomic E-state index is 10.7. The molecule has 0 heterocycles. The van der Waals surface area contributed by atoms with Gasteiger partial charge in [-0.25, -0.2) is 0 Å². The first-order chi connectivity index (χ1) is 11.2. The summed E-state index contributed by atoms with van der Waals surface area (Å²) in [6.07, 6.45) is -2.41. The van der Waals surface area contributed by atoms with Crippen LogP contribution in [0.4, 0.5) is 0 Å². The third kappa shape index (κ3) is 24.4. The van der Waals surface area contributed by atoms with Crippen molar-refractivity contribution in [3.05, 3.63) is 0 Å². The number of rotatable bonds is 9. The maximum Gasteiger partial charge on any atom is 0.324 e. The number of aliphatic hydroxyl groups is 3. The number of aliphatic hydroxyl groups excluding tert-OH is 3. The zero-order valence-corrected chi connectivity index (χ0v) is 12.8. The molecule has 1 unspecified atom stereocenters. The van der Waals surface area contributed by atoms with E-state index in [9.17, 15) is 24.0 Å². The second-order valence-electron chi connectivity index (χ2n) is 3.57. The van der Waals surface area contributed by atoms with Crippen LogP contribution in [-0.4, -0.2) is 82.3 Å². The summed E-state index contributed by atoms with van der Waals surface area (Å²) in [4.78, 5) is 49.7. The molecule has 0 amide bonds. The quantitative estimate of drug-likeness (QED) is 0.165. The predicted octanol–water partition coefficient (Wildman–Crippen LogP) is -2.48. The molecule has 0 aliphatic rings. The number of esters is 2. The van der Waals surface area contributed by atoms with Gasteiger partial charge in [0.05, 0.1) is 19.4 Å². The van der Waals surface area contributed by atoms with Gasteiger partial charge in [0.2, 0.25) is 0 Å². The lowest BCUT2D eigenvalue weighted by atomic mass is 10.3. The van der Waals surface area contributed by atoms with Crippen molar-refractivity contribution in [3.8, 4) is 0 Å². The lowest BCUT2D eigenvalue weighted by Gasteiger charge is -2.07. The van der Waals surface area contributed by atoms with E-state index in [0.717, 1.165) is 7.11 Å². The Morgan fingerprint density at radius 3 is 1.92 bits per heavy atom. The van der Waals surface area contributed by atoms with E-state index in [1.807, 2.05) is 0 Å². The fraction of sp³-hybridized carbons (Fsp3) is 0.583. The summed E-state index contributed by atoms with van der Waals surface area (Å²) < 4.78 is 8.09. The van der Waals surface area contributed by atoms with Crippen LogP contribution in [0.3, 0.4) is 0 Å². The molecule has 0 saturated carbocycles. The smallest absolute Gasteiger partial charge is 0.324 e. The first-order valence-electron chi connectivity index (χ1n) is 6.18. The molecule has 12 nitrogen and oxygen atoms in total. The molecule has 0 aliphatic heterocycles. The maximum atomic E-state index is 10.7. The van der Waals surface area contributed by atoms with E-state index in [1.54, 1.807) is 0 Å². The Morgan fingerprint density at radius 2 is 1.54 bits per heavy atom. The van der Waals surface area contributed by atoms with Crippen LogP contribution in [0.25, 0.3) is 0 Å². The van der Waals surface area contributed by atoms with Crippen molar-refractivity contribution < 1.29 is 59.0 Å². The van der Waals surface area contributed by atoms with Gasteiger partial charge in [-0.05, 0) is 0 Å². The summed E-state index contributed by atoms with van der Waals surface area (Å²) in [5, 5.41) is 40.2. The fourth-order valence-corrected chi connectivity index (χ4v) is 0.742. The Hall–Kier alpha value is -2.57. The number of carbonyl (C=O) groups is 5. The van der Waals surface area contributed by atoms with Crippen LogP contribution >= 0.6 is 0 Å². The minimum atomic E-state index is -1.32. The highest BCUT2D eigenvalue weighted by Crippen LogP contribution is 1.94. The van der Waals surface area contributed by atoms with Gasteiger partial charge in [-0.15, -0.1) is 0 Å². The predicted molar refractivity (Wildman–Crippen MR) is 73.5 cm³/mol. The minimum absolute atomic E-state index is 0.106. The Bertz CT molecular complexity index is 391. The molecule has 0 rings (SSSR count). The molecule has 0 radical (unpaired) electrons. The molecule has 140 valence electrons. The average molecular weight is 356 g/mol. The van der Waals surface area contributed by atoms with E-state index in [1.165, 1.54) is 0 Å². The van der Waals surface area contributed by atoms with E-state index in [0.29, 0.717) is 0 Å². The molecule has 0 aliphatic carbocycles. The number of carbonyl (C=O) groups excluding carboxylic acids is 3. The summed E-state index contributed by atoms with van der Waals surface area (Å²) in [6.45, 7) is -0.910. The largest absolute Gasteiger partial charge is 0.481 e. The molecule has 0 aromatic heterocycles. The van der Waals surface area contributed by atoms with Crippen molar-refractivity contribution in [1.82, 2.24) is 0 Å². The van der Waals surface area contributed by atoms with Crippen LogP contribution < -0.4 is 0 Å². The van der Waals surface area contributed by atoms with E-state index < -0.39 is 43.0 Å². The number of carboxylic acid groups (broad SMARTS) is 2. The first-order valence-corrected chi connectivity index (χ1v) is 6.18. The number of ether oxygens (including phenoxy) is 2. The van der Waals surface area contributed by atoms with Gasteiger partial charge in [-0.1, -0.05) is 0 Å². The SMILES string of the molecule is CO.O=C(O)CCC(=O)OCC(O)CO.O=COC(=O)CC(=O)O. The summed E-state index contributed by atoms with van der Waals surface area (Å²) >= 11 is 0. The molecular formula is C12H20O12. The average Bonchev–Trinajstić information content (AvgIpc) is 2.52. The molecular weight excluding hydrogens is 336 g/mol. The van der Waals surface area contributed by atoms with Crippen molar-refractivity contribution >= 4 is 30.3 Å². The Morgan fingerprint density at radius 1 is 1.00 bits per heavy atom. The normalized spacial score (nSPS) is 9.83. The first kappa shape index (κ1) is 26.3. The van der Waals surface area contributed by atoms with E-state index in [2.05, 4.69) is 9.47 Å². The second-order valence-corrected chi connectivity index (χ2v) is 3.57. The van der Waals surface area contributed by atoms with Crippen molar-refractivity contribution in [3.63, 3.8) is 0 Å². The highest BCUT2D eigenvalue weighted by molar-refractivity contribution is 5.92. The molecule has 0 aromatic rings. The van der Waals surface area contributed by atoms with E-state index in [-0.39, 0.29) is 25.9 Å². The third-order valence-corrected chi connectivity index (χ3v) is 1.67. The minimum Gasteiger partial charge on any atom is -0.481 e. The molecule has 0 aromatic carbocycles. The molecule has 0 fully saturated rings. The number of aliphatic carboxylic acids is 2. The fourth-order valence-electron chi connectivity index (χ4n) is 0.742. The molecule has 12 heteroatoms. The van der Waals surface area contributed by atoms with Crippen molar-refractivity contribution in [2.75, 3.05) is 20.3 Å². The monoisotopic (exact) mass is 356 g/mol. The Balaban J connectivity index is -0.000000351. The summed E-state index contributed by atoms with van der Waals surface area (Å²) in [6, 6.07) is 0. The van der Waals surface area contributed by atoms with Crippen LogP contribution in [0, 0.1) is 0 Å². The van der Waals surface area contributed by atoms with Gasteiger partial charge in [-0.2, -0.15) is 0 Å². The number of carboxylic acids is 2. The van der Waals surface area contributed by atoms with Crippen molar-refractivity contribution in [1.29, 1.82) is 0 Å². The second kappa shape index (κ2) is 18.5. The Kier molecular flexibility index (Phi) is 20.3. The summed E-state index contributed by atoms with van der Waals surface area (Å²) in [5.74, 6) is -4.16. The molecule has 0 spiro atoms. The van der Waals surface area contributed by atoms with Gasteiger partial charge in [-0.3, -0.25) is 24.0 Å². The number of hydrogen-bond acceptors (Lipinski definition) is 10. The van der Waals surface area contributed by atoms with Crippen LogP contribution in [-0.2, 0) is 33.4 Å². The molecule has 24 heavy (non-hydrogen) atoms. The third-order valence-electron chi connectivity index (χ3n) is 1.67. The van der Waals surface area contributed by atoms with Crippen LogP contribution in [0.2, 0.25) is 0 Å². The van der Waals surface area contributed by atoms with Gasteiger partial charge >= 0.3 is 30.3 Å². The van der Waals surface area contributed by atoms with Crippen molar-refractivity contribution in [2.24, 2.45) is 0 Å². The van der Waals surface area contributed by atoms with Gasteiger partial charge in [0.1, 0.15) is 19.1 Å². The van der Waals surface area contributed by atoms with Crippen molar-refractivity contribution in [2.45, 2.75) is 25.4 Å². The molecule has 0 saturated heterocycles. The van der Waals surface area contributed by atoms with Gasteiger partial charge in [0, 0.05) is 7.11 Å². The van der Waals surface area contributed by atoms with Crippen LogP contribution in [0.5, 0.6) is 0 Å². The molecule has 0 bridgehead atoms. The molecule has 5 N–H and O–H groups in total. The highest BCUT2D eigenvalue weighted by atomic mass is 16.6.